The number of anilines is 2. The van der Waals surface area contributed by atoms with Crippen LogP contribution in [0.25, 0.3) is 0 Å². The molecule has 0 aliphatic rings. The molecular weight excluding hydrogens is 297 g/mol. The molecule has 6 nitrogen and oxygen atoms in total. The molecule has 0 atom stereocenters. The molecule has 7 heteroatoms. The first-order valence-corrected chi connectivity index (χ1v) is 6.43. The van der Waals surface area contributed by atoms with Crippen LogP contribution in [0.4, 0.5) is 15.8 Å². The molecule has 112 valence electrons. The Balaban J connectivity index is 2.11. The standard InChI is InChI=1S/C16H10FN5O/c17-12-4-6-13(7-5-12)20-16(23)11-2-1-3-14(8-11)21-22-15(9-18)10-19/h1-8,21H,(H,20,23). The van der Waals surface area contributed by atoms with Crippen molar-refractivity contribution in [3.63, 3.8) is 0 Å². The van der Waals surface area contributed by atoms with Crippen LogP contribution in [-0.4, -0.2) is 11.6 Å². The minimum absolute atomic E-state index is 0.328. The summed E-state index contributed by atoms with van der Waals surface area (Å²) < 4.78 is 12.8. The second-order valence-electron chi connectivity index (χ2n) is 4.34. The highest BCUT2D eigenvalue weighted by Gasteiger charge is 2.07. The molecule has 23 heavy (non-hydrogen) atoms. The Kier molecular flexibility index (Phi) is 5.00. The van der Waals surface area contributed by atoms with E-state index in [0.29, 0.717) is 16.9 Å². The third kappa shape index (κ3) is 4.38. The van der Waals surface area contributed by atoms with Crippen molar-refractivity contribution in [2.45, 2.75) is 0 Å². The van der Waals surface area contributed by atoms with Crippen LogP contribution in [0.15, 0.2) is 53.6 Å². The zero-order valence-electron chi connectivity index (χ0n) is 11.7. The number of halogens is 1. The number of nitriles is 2. The summed E-state index contributed by atoms with van der Waals surface area (Å²) in [5, 5.41) is 23.4. The summed E-state index contributed by atoms with van der Waals surface area (Å²) >= 11 is 0. The minimum Gasteiger partial charge on any atom is -0.322 e. The molecule has 0 saturated heterocycles. The third-order valence-corrected chi connectivity index (χ3v) is 2.74. The van der Waals surface area contributed by atoms with Crippen LogP contribution >= 0.6 is 0 Å². The number of rotatable bonds is 4. The maximum atomic E-state index is 12.8. The third-order valence-electron chi connectivity index (χ3n) is 2.74. The van der Waals surface area contributed by atoms with Gasteiger partial charge in [-0.3, -0.25) is 10.2 Å². The topological polar surface area (TPSA) is 101 Å². The number of carbonyl (C=O) groups is 1. The van der Waals surface area contributed by atoms with E-state index in [-0.39, 0.29) is 11.6 Å². The molecule has 2 N–H and O–H groups in total. The van der Waals surface area contributed by atoms with Gasteiger partial charge >= 0.3 is 0 Å². The fraction of sp³-hybridized carbons (Fsp3) is 0. The first kappa shape index (κ1) is 15.7. The lowest BCUT2D eigenvalue weighted by Gasteiger charge is -2.07. The van der Waals surface area contributed by atoms with Gasteiger partial charge in [-0.05, 0) is 42.5 Å². The predicted molar refractivity (Wildman–Crippen MR) is 83.1 cm³/mol. The highest BCUT2D eigenvalue weighted by Crippen LogP contribution is 2.14. The van der Waals surface area contributed by atoms with Crippen LogP contribution in [0.1, 0.15) is 10.4 Å². The second-order valence-corrected chi connectivity index (χ2v) is 4.34. The Morgan fingerprint density at radius 2 is 1.74 bits per heavy atom. The maximum Gasteiger partial charge on any atom is 0.255 e. The molecule has 0 radical (unpaired) electrons. The zero-order chi connectivity index (χ0) is 16.7. The predicted octanol–water partition coefficient (Wildman–Crippen LogP) is 2.89. The van der Waals surface area contributed by atoms with Crippen LogP contribution in [0.2, 0.25) is 0 Å². The van der Waals surface area contributed by atoms with Crippen LogP contribution in [0.5, 0.6) is 0 Å². The lowest BCUT2D eigenvalue weighted by atomic mass is 10.2. The zero-order valence-corrected chi connectivity index (χ0v) is 11.7. The molecule has 0 aliphatic carbocycles. The molecule has 0 aliphatic heterocycles. The summed E-state index contributed by atoms with van der Waals surface area (Å²) in [4.78, 5) is 12.1. The Hall–Kier alpha value is -3.71. The Morgan fingerprint density at radius 3 is 2.39 bits per heavy atom. The van der Waals surface area contributed by atoms with Crippen molar-refractivity contribution in [2.24, 2.45) is 5.10 Å². The van der Waals surface area contributed by atoms with Gasteiger partial charge in [0.25, 0.3) is 5.91 Å². The normalized spacial score (nSPS) is 9.17. The minimum atomic E-state index is -0.391. The first-order valence-electron chi connectivity index (χ1n) is 6.43. The van der Waals surface area contributed by atoms with Crippen LogP contribution < -0.4 is 10.7 Å². The largest absolute Gasteiger partial charge is 0.322 e. The molecule has 2 aromatic carbocycles. The monoisotopic (exact) mass is 307 g/mol. The average molecular weight is 307 g/mol. The van der Waals surface area contributed by atoms with Crippen LogP contribution in [0.3, 0.4) is 0 Å². The summed E-state index contributed by atoms with van der Waals surface area (Å²) in [6, 6.07) is 15.0. The molecule has 0 saturated carbocycles. The van der Waals surface area contributed by atoms with E-state index in [1.54, 1.807) is 30.3 Å². The van der Waals surface area contributed by atoms with Crippen molar-refractivity contribution in [2.75, 3.05) is 10.7 Å². The van der Waals surface area contributed by atoms with Crippen molar-refractivity contribution in [3.05, 3.63) is 59.9 Å². The molecular formula is C16H10FN5O. The lowest BCUT2D eigenvalue weighted by Crippen LogP contribution is -2.12. The fourth-order valence-corrected chi connectivity index (χ4v) is 1.66. The van der Waals surface area contributed by atoms with Gasteiger partial charge in [-0.2, -0.15) is 15.6 Å². The number of hydrazone groups is 1. The molecule has 0 aromatic heterocycles. The Labute approximate surface area is 131 Å². The number of nitrogens with zero attached hydrogens (tertiary/aromatic N) is 3. The van der Waals surface area contributed by atoms with Crippen molar-refractivity contribution < 1.29 is 9.18 Å². The van der Waals surface area contributed by atoms with E-state index in [0.717, 1.165) is 0 Å². The number of nitrogens with one attached hydrogen (secondary N) is 2. The highest BCUT2D eigenvalue weighted by atomic mass is 19.1. The van der Waals surface area contributed by atoms with E-state index in [1.165, 1.54) is 30.3 Å². The van der Waals surface area contributed by atoms with Gasteiger partial charge in [-0.25, -0.2) is 4.39 Å². The van der Waals surface area contributed by atoms with E-state index in [9.17, 15) is 9.18 Å². The summed E-state index contributed by atoms with van der Waals surface area (Å²) in [5.74, 6) is -0.775. The molecule has 1 amide bonds. The van der Waals surface area contributed by atoms with Gasteiger partial charge < -0.3 is 5.32 Å². The Bertz CT molecular complexity index is 815. The quantitative estimate of drug-likeness (QED) is 0.669. The summed E-state index contributed by atoms with van der Waals surface area (Å²) in [6.45, 7) is 0. The van der Waals surface area contributed by atoms with Gasteiger partial charge in [-0.15, -0.1) is 0 Å². The van der Waals surface area contributed by atoms with Gasteiger partial charge in [0, 0.05) is 11.3 Å². The number of hydrogen-bond donors (Lipinski definition) is 2. The smallest absolute Gasteiger partial charge is 0.255 e. The second kappa shape index (κ2) is 7.34. The lowest BCUT2D eigenvalue weighted by molar-refractivity contribution is 0.102. The van der Waals surface area contributed by atoms with E-state index < -0.39 is 5.82 Å². The van der Waals surface area contributed by atoms with Crippen molar-refractivity contribution in [3.8, 4) is 12.1 Å². The molecule has 0 heterocycles. The highest BCUT2D eigenvalue weighted by molar-refractivity contribution is 6.10. The maximum absolute atomic E-state index is 12.8. The molecule has 0 spiro atoms. The molecule has 0 unspecified atom stereocenters. The molecule has 2 rings (SSSR count). The van der Waals surface area contributed by atoms with Gasteiger partial charge in [0.2, 0.25) is 5.71 Å². The molecule has 2 aromatic rings. The van der Waals surface area contributed by atoms with Crippen LogP contribution in [-0.2, 0) is 0 Å². The molecule has 0 bridgehead atoms. The summed E-state index contributed by atoms with van der Waals surface area (Å²) in [6.07, 6.45) is 0. The van der Waals surface area contributed by atoms with Crippen molar-refractivity contribution in [1.82, 2.24) is 0 Å². The average Bonchev–Trinajstić information content (AvgIpc) is 2.58. The van der Waals surface area contributed by atoms with Crippen LogP contribution in [0, 0.1) is 28.5 Å². The number of carbonyl (C=O) groups excluding carboxylic acids is 1. The van der Waals surface area contributed by atoms with Gasteiger partial charge in [-0.1, -0.05) is 6.07 Å². The summed E-state index contributed by atoms with van der Waals surface area (Å²) in [5.41, 5.74) is 3.44. The van der Waals surface area contributed by atoms with E-state index in [4.69, 9.17) is 10.5 Å². The van der Waals surface area contributed by atoms with Gasteiger partial charge in [0.05, 0.1) is 5.69 Å². The van der Waals surface area contributed by atoms with Crippen molar-refractivity contribution in [1.29, 1.82) is 10.5 Å². The Morgan fingerprint density at radius 1 is 1.04 bits per heavy atom. The molecule has 0 fully saturated rings. The van der Waals surface area contributed by atoms with Gasteiger partial charge in [0.1, 0.15) is 18.0 Å². The van der Waals surface area contributed by atoms with E-state index >= 15 is 0 Å². The summed E-state index contributed by atoms with van der Waals surface area (Å²) in [7, 11) is 0. The van der Waals surface area contributed by atoms with E-state index in [1.807, 2.05) is 0 Å². The number of amides is 1. The first-order chi connectivity index (χ1) is 11.1. The van der Waals surface area contributed by atoms with Crippen molar-refractivity contribution >= 4 is 23.0 Å². The number of hydrogen-bond acceptors (Lipinski definition) is 5. The van der Waals surface area contributed by atoms with E-state index in [2.05, 4.69) is 15.8 Å². The SMILES string of the molecule is N#CC(C#N)=NNc1cccc(C(=O)Nc2ccc(F)cc2)c1. The number of benzene rings is 2. The van der Waals surface area contributed by atoms with Gasteiger partial charge in [0.15, 0.2) is 0 Å². The fourth-order valence-electron chi connectivity index (χ4n) is 1.66.